The van der Waals surface area contributed by atoms with Crippen molar-refractivity contribution < 1.29 is 13.9 Å². The zero-order chi connectivity index (χ0) is 20.9. The summed E-state index contributed by atoms with van der Waals surface area (Å²) in [6.07, 6.45) is 0.781. The summed E-state index contributed by atoms with van der Waals surface area (Å²) < 4.78 is 18.3. The van der Waals surface area contributed by atoms with Crippen LogP contribution >= 0.6 is 11.3 Å². The molecular formula is C23H20FN3O2S. The van der Waals surface area contributed by atoms with Gasteiger partial charge in [-0.25, -0.2) is 4.39 Å². The van der Waals surface area contributed by atoms with Crippen molar-refractivity contribution in [2.45, 2.75) is 19.5 Å². The van der Waals surface area contributed by atoms with E-state index < -0.39 is 0 Å². The summed E-state index contributed by atoms with van der Waals surface area (Å²) in [6.45, 7) is 2.27. The lowest BCUT2D eigenvalue weighted by atomic mass is 10.0. The van der Waals surface area contributed by atoms with Crippen molar-refractivity contribution in [1.82, 2.24) is 4.90 Å². The number of nitrogens with zero attached hydrogens (tertiary/aromatic N) is 2. The first kappa shape index (κ1) is 20.1. The summed E-state index contributed by atoms with van der Waals surface area (Å²) >= 11 is 1.45. The van der Waals surface area contributed by atoms with E-state index in [0.29, 0.717) is 16.3 Å². The Morgan fingerprint density at radius 3 is 2.70 bits per heavy atom. The van der Waals surface area contributed by atoms with Crippen molar-refractivity contribution in [3.63, 3.8) is 0 Å². The standard InChI is InChI=1S/C23H20FN3O2S/c24-17-6-8-18(9-7-17)29-15-22(28)26-23-20(12-25)19-10-11-27(14-21(19)30-23)13-16-4-2-1-3-5-16/h1-9H,10-11,13-15H2,(H,26,28). The second-order valence-corrected chi connectivity index (χ2v) is 8.16. The molecule has 0 unspecified atom stereocenters. The number of ether oxygens (including phenoxy) is 1. The Morgan fingerprint density at radius 1 is 1.20 bits per heavy atom. The highest BCUT2D eigenvalue weighted by molar-refractivity contribution is 7.16. The first-order valence-electron chi connectivity index (χ1n) is 9.61. The minimum atomic E-state index is -0.365. The fourth-order valence-corrected chi connectivity index (χ4v) is 4.74. The smallest absolute Gasteiger partial charge is 0.262 e. The Bertz CT molecular complexity index is 1070. The van der Waals surface area contributed by atoms with E-state index in [1.54, 1.807) is 0 Å². The number of anilines is 1. The topological polar surface area (TPSA) is 65.4 Å². The molecule has 1 aliphatic heterocycles. The number of hydrogen-bond acceptors (Lipinski definition) is 5. The molecule has 30 heavy (non-hydrogen) atoms. The van der Waals surface area contributed by atoms with Gasteiger partial charge in [-0.05, 0) is 41.8 Å². The minimum absolute atomic E-state index is 0.209. The number of carbonyl (C=O) groups is 1. The van der Waals surface area contributed by atoms with E-state index in [0.717, 1.165) is 36.5 Å². The van der Waals surface area contributed by atoms with Gasteiger partial charge in [-0.2, -0.15) is 5.26 Å². The van der Waals surface area contributed by atoms with Crippen LogP contribution in [0.25, 0.3) is 0 Å². The molecule has 5 nitrogen and oxygen atoms in total. The van der Waals surface area contributed by atoms with Crippen molar-refractivity contribution in [2.75, 3.05) is 18.5 Å². The van der Waals surface area contributed by atoms with Crippen molar-refractivity contribution in [2.24, 2.45) is 0 Å². The van der Waals surface area contributed by atoms with E-state index in [1.165, 1.54) is 41.2 Å². The summed E-state index contributed by atoms with van der Waals surface area (Å²) in [6, 6.07) is 18.0. The molecule has 0 fully saturated rings. The Kier molecular flexibility index (Phi) is 6.07. The minimum Gasteiger partial charge on any atom is -0.484 e. The maximum absolute atomic E-state index is 13.0. The largest absolute Gasteiger partial charge is 0.484 e. The van der Waals surface area contributed by atoms with Crippen LogP contribution in [0.2, 0.25) is 0 Å². The van der Waals surface area contributed by atoms with E-state index in [1.807, 2.05) is 18.2 Å². The number of amides is 1. The predicted molar refractivity (Wildman–Crippen MR) is 114 cm³/mol. The Balaban J connectivity index is 1.40. The van der Waals surface area contributed by atoms with Gasteiger partial charge in [-0.3, -0.25) is 9.69 Å². The van der Waals surface area contributed by atoms with E-state index in [2.05, 4.69) is 28.4 Å². The first-order valence-corrected chi connectivity index (χ1v) is 10.4. The number of hydrogen-bond donors (Lipinski definition) is 1. The summed E-state index contributed by atoms with van der Waals surface area (Å²) in [5.41, 5.74) is 2.83. The molecule has 152 valence electrons. The highest BCUT2D eigenvalue weighted by atomic mass is 32.1. The SMILES string of the molecule is N#Cc1c(NC(=O)COc2ccc(F)cc2)sc2c1CCN(Cc1ccccc1)C2. The number of fused-ring (bicyclic) bond motifs is 1. The molecule has 2 aromatic carbocycles. The molecule has 1 aromatic heterocycles. The van der Waals surface area contributed by atoms with Crippen LogP contribution in [0.15, 0.2) is 54.6 Å². The molecule has 4 rings (SSSR count). The zero-order valence-electron chi connectivity index (χ0n) is 16.2. The summed E-state index contributed by atoms with van der Waals surface area (Å²) in [7, 11) is 0. The van der Waals surface area contributed by atoms with Gasteiger partial charge in [0, 0.05) is 24.5 Å². The fraction of sp³-hybridized carbons (Fsp3) is 0.217. The molecule has 0 saturated heterocycles. The zero-order valence-corrected chi connectivity index (χ0v) is 17.0. The monoisotopic (exact) mass is 421 g/mol. The number of rotatable bonds is 6. The summed E-state index contributed by atoms with van der Waals surface area (Å²) in [4.78, 5) is 15.8. The number of nitriles is 1. The molecule has 0 bridgehead atoms. The van der Waals surface area contributed by atoms with Crippen LogP contribution < -0.4 is 10.1 Å². The number of thiophene rings is 1. The van der Waals surface area contributed by atoms with Gasteiger partial charge in [0.1, 0.15) is 22.6 Å². The van der Waals surface area contributed by atoms with Crippen molar-refractivity contribution in [3.05, 3.63) is 82.0 Å². The molecule has 7 heteroatoms. The van der Waals surface area contributed by atoms with Gasteiger partial charge in [0.15, 0.2) is 6.61 Å². The quantitative estimate of drug-likeness (QED) is 0.643. The third-order valence-corrected chi connectivity index (χ3v) is 6.07. The van der Waals surface area contributed by atoms with E-state index in [9.17, 15) is 14.4 Å². The number of carbonyl (C=O) groups excluding carboxylic acids is 1. The molecule has 0 saturated carbocycles. The normalized spacial score (nSPS) is 13.3. The molecule has 1 amide bonds. The highest BCUT2D eigenvalue weighted by Gasteiger charge is 2.25. The average Bonchev–Trinajstić information content (AvgIpc) is 3.10. The molecule has 3 aromatic rings. The molecule has 0 atom stereocenters. The van der Waals surface area contributed by atoms with Gasteiger partial charge in [0.2, 0.25) is 0 Å². The van der Waals surface area contributed by atoms with Gasteiger partial charge >= 0.3 is 0 Å². The number of benzene rings is 2. The summed E-state index contributed by atoms with van der Waals surface area (Å²) in [5.74, 6) is -0.305. The molecule has 0 spiro atoms. The molecule has 0 radical (unpaired) electrons. The van der Waals surface area contributed by atoms with Gasteiger partial charge in [-0.1, -0.05) is 30.3 Å². The second-order valence-electron chi connectivity index (χ2n) is 7.06. The predicted octanol–water partition coefficient (Wildman–Crippen LogP) is 4.33. The van der Waals surface area contributed by atoms with Gasteiger partial charge in [0.25, 0.3) is 5.91 Å². The Labute approximate surface area is 178 Å². The Hall–Kier alpha value is -3.21. The molecule has 2 heterocycles. The number of halogens is 1. The summed E-state index contributed by atoms with van der Waals surface area (Å²) in [5, 5.41) is 13.0. The van der Waals surface area contributed by atoms with Gasteiger partial charge < -0.3 is 10.1 Å². The van der Waals surface area contributed by atoms with Crippen molar-refractivity contribution in [3.8, 4) is 11.8 Å². The lowest BCUT2D eigenvalue weighted by Crippen LogP contribution is -2.29. The van der Waals surface area contributed by atoms with Crippen LogP contribution in [-0.2, 0) is 24.3 Å². The van der Waals surface area contributed by atoms with Crippen LogP contribution in [0.1, 0.15) is 21.6 Å². The maximum atomic E-state index is 13.0. The van der Waals surface area contributed by atoms with E-state index in [4.69, 9.17) is 4.74 Å². The maximum Gasteiger partial charge on any atom is 0.262 e. The average molecular weight is 421 g/mol. The van der Waals surface area contributed by atoms with Crippen LogP contribution in [0.5, 0.6) is 5.75 Å². The number of nitrogens with one attached hydrogen (secondary N) is 1. The second kappa shape index (κ2) is 9.08. The molecule has 1 aliphatic rings. The fourth-order valence-electron chi connectivity index (χ4n) is 3.48. The van der Waals surface area contributed by atoms with Crippen LogP contribution in [0.3, 0.4) is 0 Å². The van der Waals surface area contributed by atoms with Gasteiger partial charge in [-0.15, -0.1) is 11.3 Å². The first-order chi connectivity index (χ1) is 14.6. The van der Waals surface area contributed by atoms with Crippen LogP contribution in [0, 0.1) is 17.1 Å². The van der Waals surface area contributed by atoms with E-state index in [-0.39, 0.29) is 18.3 Å². The lowest BCUT2D eigenvalue weighted by molar-refractivity contribution is -0.118. The van der Waals surface area contributed by atoms with Crippen molar-refractivity contribution >= 4 is 22.2 Å². The Morgan fingerprint density at radius 2 is 1.97 bits per heavy atom. The van der Waals surface area contributed by atoms with E-state index >= 15 is 0 Å². The highest BCUT2D eigenvalue weighted by Crippen LogP contribution is 2.37. The third-order valence-electron chi connectivity index (χ3n) is 4.93. The van der Waals surface area contributed by atoms with Crippen LogP contribution in [-0.4, -0.2) is 24.0 Å². The van der Waals surface area contributed by atoms with Crippen molar-refractivity contribution in [1.29, 1.82) is 5.26 Å². The lowest BCUT2D eigenvalue weighted by Gasteiger charge is -2.26. The molecular weight excluding hydrogens is 401 g/mol. The molecule has 0 aliphatic carbocycles. The third kappa shape index (κ3) is 4.67. The van der Waals surface area contributed by atoms with Crippen LogP contribution in [0.4, 0.5) is 9.39 Å². The van der Waals surface area contributed by atoms with Gasteiger partial charge in [0.05, 0.1) is 5.56 Å². The molecule has 1 N–H and O–H groups in total.